The largest absolute Gasteiger partial charge is 0.454 e. The smallest absolute Gasteiger partial charge is 0.252 e. The van der Waals surface area contributed by atoms with E-state index in [4.69, 9.17) is 15.9 Å². The van der Waals surface area contributed by atoms with Gasteiger partial charge in [-0.25, -0.2) is 13.4 Å². The fraction of sp³-hybridized carbons (Fsp3) is 0.484. The second kappa shape index (κ2) is 14.7. The van der Waals surface area contributed by atoms with Gasteiger partial charge in [-0.1, -0.05) is 44.2 Å². The van der Waals surface area contributed by atoms with Crippen molar-refractivity contribution in [3.63, 3.8) is 0 Å². The number of fused-ring (bicyclic) bond motifs is 1. The molecule has 2 aromatic carbocycles. The topological polar surface area (TPSA) is 138 Å². The summed E-state index contributed by atoms with van der Waals surface area (Å²) in [7, 11) is -4.10. The van der Waals surface area contributed by atoms with E-state index in [9.17, 15) is 23.1 Å². The Hall–Kier alpha value is -3.63. The van der Waals surface area contributed by atoms with Gasteiger partial charge >= 0.3 is 0 Å². The van der Waals surface area contributed by atoms with Crippen LogP contribution in [0.15, 0.2) is 53.4 Å². The van der Waals surface area contributed by atoms with Crippen LogP contribution in [0.5, 0.6) is 11.5 Å². The predicted octanol–water partition coefficient (Wildman–Crippen LogP) is 2.06. The maximum Gasteiger partial charge on any atom is 0.252 e. The van der Waals surface area contributed by atoms with Gasteiger partial charge in [-0.3, -0.25) is 15.0 Å². The van der Waals surface area contributed by atoms with Crippen LogP contribution in [-0.4, -0.2) is 79.3 Å². The average Bonchev–Trinajstić information content (AvgIpc) is 3.70. The molecule has 0 aromatic heterocycles. The van der Waals surface area contributed by atoms with Gasteiger partial charge in [0.15, 0.2) is 11.5 Å². The monoisotopic (exact) mass is 612 g/mol. The Bertz CT molecular complexity index is 1410. The molecule has 2 atom stereocenters. The molecular weight excluding hydrogens is 572 g/mol. The van der Waals surface area contributed by atoms with Gasteiger partial charge in [-0.2, -0.15) is 4.31 Å². The summed E-state index contributed by atoms with van der Waals surface area (Å²) in [4.78, 5) is 26.4. The van der Waals surface area contributed by atoms with Crippen LogP contribution >= 0.6 is 0 Å². The lowest BCUT2D eigenvalue weighted by molar-refractivity contribution is -0.147. The van der Waals surface area contributed by atoms with E-state index in [1.54, 1.807) is 0 Å². The van der Waals surface area contributed by atoms with E-state index in [1.807, 2.05) is 44.2 Å². The van der Waals surface area contributed by atoms with Crippen LogP contribution < -0.4 is 20.2 Å². The number of aliphatic hydroxyl groups is 1. The number of aliphatic hydroxyl groups excluding tert-OH is 1. The molecule has 1 aliphatic carbocycles. The molecule has 1 heterocycles. The number of benzene rings is 2. The van der Waals surface area contributed by atoms with Crippen LogP contribution in [0.1, 0.15) is 45.1 Å². The van der Waals surface area contributed by atoms with E-state index in [1.165, 1.54) is 22.5 Å². The van der Waals surface area contributed by atoms with E-state index < -0.39 is 34.0 Å². The number of amides is 2. The number of nitrogens with zero attached hydrogens (tertiary/aromatic N) is 2. The number of ether oxygens (including phenoxy) is 2. The third-order valence-electron chi connectivity index (χ3n) is 7.13. The highest BCUT2D eigenvalue weighted by atomic mass is 32.2. The highest BCUT2D eigenvalue weighted by Gasteiger charge is 2.36. The lowest BCUT2D eigenvalue weighted by atomic mass is 9.99. The number of terminal acetylenes is 1. The summed E-state index contributed by atoms with van der Waals surface area (Å²) in [6.07, 6.45) is 6.23. The first-order valence-electron chi connectivity index (χ1n) is 14.5. The number of hydrogen-bond acceptors (Lipinski definition) is 8. The summed E-state index contributed by atoms with van der Waals surface area (Å²) >= 11 is 0. The predicted molar refractivity (Wildman–Crippen MR) is 160 cm³/mol. The standard InChI is InChI=1S/C31H40N4O7S/c1-4-5-11-31(38)35(33-30(37)18-32-24-12-13-24)26(16-23-9-7-6-8-10-23)27(36)20-34(19-22(2)3)43(39,40)25-14-15-28-29(17-25)42-21-41-28/h1,6-10,14-15,17,22,24,26-27,32,36H,5,11-13,16,18-21H2,2-3H3,(H,33,37)/t26-,27+/m0/s1. The van der Waals surface area contributed by atoms with Crippen molar-refractivity contribution in [3.05, 3.63) is 54.1 Å². The van der Waals surface area contributed by atoms with Gasteiger partial charge in [-0.15, -0.1) is 12.3 Å². The van der Waals surface area contributed by atoms with Crippen LogP contribution in [0, 0.1) is 18.3 Å². The van der Waals surface area contributed by atoms with Crippen molar-refractivity contribution in [1.29, 1.82) is 0 Å². The van der Waals surface area contributed by atoms with Crippen molar-refractivity contribution < 1.29 is 32.6 Å². The molecule has 4 rings (SSSR count). The van der Waals surface area contributed by atoms with E-state index in [0.717, 1.165) is 23.4 Å². The number of sulfonamides is 1. The Kier molecular flexibility index (Phi) is 11.0. The molecule has 43 heavy (non-hydrogen) atoms. The quantitative estimate of drug-likeness (QED) is 0.205. The third-order valence-corrected chi connectivity index (χ3v) is 8.96. The molecular formula is C31H40N4O7S. The Balaban J connectivity index is 1.64. The molecule has 12 heteroatoms. The normalized spacial score (nSPS) is 15.6. The molecule has 0 bridgehead atoms. The highest BCUT2D eigenvalue weighted by Crippen LogP contribution is 2.35. The van der Waals surface area contributed by atoms with Crippen molar-refractivity contribution >= 4 is 21.8 Å². The molecule has 0 saturated heterocycles. The molecule has 0 unspecified atom stereocenters. The average molecular weight is 613 g/mol. The molecule has 2 aromatic rings. The minimum Gasteiger partial charge on any atom is -0.454 e. The summed E-state index contributed by atoms with van der Waals surface area (Å²) in [5.41, 5.74) is 3.47. The molecule has 11 nitrogen and oxygen atoms in total. The van der Waals surface area contributed by atoms with Gasteiger partial charge in [0, 0.05) is 38.0 Å². The molecule has 2 amide bonds. The van der Waals surface area contributed by atoms with Crippen molar-refractivity contribution in [2.75, 3.05) is 26.4 Å². The summed E-state index contributed by atoms with van der Waals surface area (Å²) in [6, 6.07) is 12.8. The summed E-state index contributed by atoms with van der Waals surface area (Å²) in [5, 5.41) is 16.0. The molecule has 1 aliphatic heterocycles. The van der Waals surface area contributed by atoms with Crippen molar-refractivity contribution in [3.8, 4) is 23.8 Å². The van der Waals surface area contributed by atoms with Crippen molar-refractivity contribution in [2.45, 2.75) is 69.0 Å². The molecule has 0 radical (unpaired) electrons. The van der Waals surface area contributed by atoms with Gasteiger partial charge in [0.1, 0.15) is 0 Å². The van der Waals surface area contributed by atoms with E-state index in [2.05, 4.69) is 16.7 Å². The number of carbonyl (C=O) groups excluding carboxylic acids is 2. The Morgan fingerprint density at radius 1 is 1.09 bits per heavy atom. The van der Waals surface area contributed by atoms with Crippen LogP contribution in [0.4, 0.5) is 0 Å². The number of hydrogen-bond donors (Lipinski definition) is 3. The summed E-state index contributed by atoms with van der Waals surface area (Å²) in [6.45, 7) is 3.52. The second-order valence-corrected chi connectivity index (χ2v) is 13.2. The van der Waals surface area contributed by atoms with E-state index in [-0.39, 0.29) is 62.5 Å². The Morgan fingerprint density at radius 2 is 1.81 bits per heavy atom. The van der Waals surface area contributed by atoms with Crippen LogP contribution in [0.2, 0.25) is 0 Å². The lowest BCUT2D eigenvalue weighted by Gasteiger charge is -2.37. The fourth-order valence-corrected chi connectivity index (χ4v) is 6.42. The second-order valence-electron chi connectivity index (χ2n) is 11.2. The highest BCUT2D eigenvalue weighted by molar-refractivity contribution is 7.89. The van der Waals surface area contributed by atoms with Gasteiger partial charge in [0.05, 0.1) is 23.6 Å². The first-order chi connectivity index (χ1) is 20.6. The van der Waals surface area contributed by atoms with Crippen LogP contribution in [0.3, 0.4) is 0 Å². The molecule has 1 fully saturated rings. The van der Waals surface area contributed by atoms with Gasteiger partial charge in [-0.05, 0) is 42.9 Å². The lowest BCUT2D eigenvalue weighted by Crippen LogP contribution is -2.60. The summed E-state index contributed by atoms with van der Waals surface area (Å²) in [5.74, 6) is 2.21. The zero-order valence-corrected chi connectivity index (χ0v) is 25.4. The molecule has 3 N–H and O–H groups in total. The molecule has 2 aliphatic rings. The van der Waals surface area contributed by atoms with Gasteiger partial charge in [0.25, 0.3) is 5.91 Å². The fourth-order valence-electron chi connectivity index (χ4n) is 4.78. The van der Waals surface area contributed by atoms with Gasteiger partial charge in [0.2, 0.25) is 22.7 Å². The number of rotatable bonds is 15. The first-order valence-corrected chi connectivity index (χ1v) is 15.9. The minimum absolute atomic E-state index is 0.000140. The number of carbonyl (C=O) groups is 2. The Morgan fingerprint density at radius 3 is 2.49 bits per heavy atom. The zero-order chi connectivity index (χ0) is 31.0. The zero-order valence-electron chi connectivity index (χ0n) is 24.6. The summed E-state index contributed by atoms with van der Waals surface area (Å²) < 4.78 is 39.7. The number of nitrogens with one attached hydrogen (secondary N) is 2. The first kappa shape index (κ1) is 32.3. The maximum atomic E-state index is 13.9. The van der Waals surface area contributed by atoms with Crippen molar-refractivity contribution in [2.24, 2.45) is 5.92 Å². The van der Waals surface area contributed by atoms with E-state index >= 15 is 0 Å². The van der Waals surface area contributed by atoms with Gasteiger partial charge < -0.3 is 19.9 Å². The molecule has 232 valence electrons. The van der Waals surface area contributed by atoms with Crippen LogP contribution in [0.25, 0.3) is 0 Å². The third kappa shape index (κ3) is 8.93. The van der Waals surface area contributed by atoms with Crippen molar-refractivity contribution in [1.82, 2.24) is 20.1 Å². The van der Waals surface area contributed by atoms with E-state index in [0.29, 0.717) is 11.5 Å². The number of hydrazine groups is 1. The molecule has 1 saturated carbocycles. The minimum atomic E-state index is -4.10. The SMILES string of the molecule is C#CCCC(=O)N(NC(=O)CNC1CC1)[C@@H](Cc1ccccc1)[C@H](O)CN(CC(C)C)S(=O)(=O)c1ccc2c(c1)OCO2. The van der Waals surface area contributed by atoms with Crippen LogP contribution in [-0.2, 0) is 26.0 Å². The maximum absolute atomic E-state index is 13.9. The molecule has 0 spiro atoms. The Labute approximate surface area is 253 Å².